The van der Waals surface area contributed by atoms with Gasteiger partial charge in [-0.05, 0) is 69.1 Å². The third-order valence-electron chi connectivity index (χ3n) is 5.54. The van der Waals surface area contributed by atoms with Crippen molar-refractivity contribution in [2.45, 2.75) is 41.0 Å². The van der Waals surface area contributed by atoms with Crippen LogP contribution in [0, 0.1) is 5.92 Å². The lowest BCUT2D eigenvalue weighted by Gasteiger charge is -2.49. The average Bonchev–Trinajstić information content (AvgIpc) is 3.13. The molecule has 3 fully saturated rings. The molecule has 4 heterocycles. The molecule has 3 aliphatic heterocycles. The molecule has 5 rings (SSSR count). The Hall–Kier alpha value is -1.50. The number of carbonyl (C=O) groups is 1. The van der Waals surface area contributed by atoms with Crippen molar-refractivity contribution in [1.29, 1.82) is 0 Å². The number of amides is 1. The second kappa shape index (κ2) is 7.62. The second-order valence-electron chi connectivity index (χ2n) is 7.01. The minimum atomic E-state index is 0.0677. The number of benzene rings is 1. The van der Waals surface area contributed by atoms with Gasteiger partial charge < -0.3 is 10.1 Å². The maximum absolute atomic E-state index is 12.8. The van der Waals surface area contributed by atoms with Gasteiger partial charge in [-0.2, -0.15) is 0 Å². The van der Waals surface area contributed by atoms with E-state index in [4.69, 9.17) is 4.74 Å². The van der Waals surface area contributed by atoms with Crippen LogP contribution in [0.15, 0.2) is 45.5 Å². The summed E-state index contributed by atoms with van der Waals surface area (Å²) in [5.41, 5.74) is 0. The quantitative estimate of drug-likeness (QED) is 0.837. The van der Waals surface area contributed by atoms with Crippen LogP contribution in [0.3, 0.4) is 0 Å². The number of ether oxygens (including phenoxy) is 1. The number of hydrogen-bond donors (Lipinski definition) is 1. The summed E-state index contributed by atoms with van der Waals surface area (Å²) in [4.78, 5) is 17.2. The molecule has 6 heteroatoms. The smallest absolute Gasteiger partial charge is 0.261 e. The molecule has 2 bridgehead atoms. The molecule has 1 N–H and O–H groups in total. The van der Waals surface area contributed by atoms with Crippen LogP contribution in [0.4, 0.5) is 0 Å². The second-order valence-corrected chi connectivity index (χ2v) is 9.47. The normalized spacial score (nSPS) is 27.3. The van der Waals surface area contributed by atoms with Crippen LogP contribution >= 0.6 is 23.1 Å². The van der Waals surface area contributed by atoms with Crippen molar-refractivity contribution >= 4 is 29.0 Å². The lowest BCUT2D eigenvalue weighted by atomic mass is 9.79. The van der Waals surface area contributed by atoms with Crippen molar-refractivity contribution in [3.8, 4) is 5.75 Å². The Morgan fingerprint density at radius 1 is 1.27 bits per heavy atom. The van der Waals surface area contributed by atoms with Crippen LogP contribution in [-0.2, 0) is 0 Å². The van der Waals surface area contributed by atoms with E-state index in [0.29, 0.717) is 12.0 Å². The summed E-state index contributed by atoms with van der Waals surface area (Å²) in [6, 6.07) is 12.7. The van der Waals surface area contributed by atoms with Gasteiger partial charge in [0.2, 0.25) is 0 Å². The number of thiophene rings is 1. The molecule has 1 amide bonds. The first-order chi connectivity index (χ1) is 12.6. The fourth-order valence-corrected chi connectivity index (χ4v) is 6.10. The third kappa shape index (κ3) is 3.63. The highest BCUT2D eigenvalue weighted by Crippen LogP contribution is 2.36. The molecule has 0 spiro atoms. The van der Waals surface area contributed by atoms with Crippen molar-refractivity contribution < 1.29 is 9.53 Å². The summed E-state index contributed by atoms with van der Waals surface area (Å²) in [7, 11) is 1.67. The Kier molecular flexibility index (Phi) is 5.25. The SMILES string of the molecule is COc1cccc(Sc2ccc(C(=O)NC3C4CCN(CC4)C3C)s2)c1. The van der Waals surface area contributed by atoms with Crippen LogP contribution in [0.5, 0.6) is 5.75 Å². The predicted octanol–water partition coefficient (Wildman–Crippen LogP) is 4.12. The summed E-state index contributed by atoms with van der Waals surface area (Å²) >= 11 is 3.22. The molecule has 2 unspecified atom stereocenters. The average molecular weight is 389 g/mol. The number of nitrogens with zero attached hydrogens (tertiary/aromatic N) is 1. The summed E-state index contributed by atoms with van der Waals surface area (Å²) in [5, 5.41) is 3.31. The maximum atomic E-state index is 12.8. The van der Waals surface area contributed by atoms with Gasteiger partial charge in [-0.1, -0.05) is 17.8 Å². The fourth-order valence-electron chi connectivity index (χ4n) is 4.05. The van der Waals surface area contributed by atoms with Crippen LogP contribution < -0.4 is 10.1 Å². The zero-order valence-corrected chi connectivity index (χ0v) is 16.7. The lowest BCUT2D eigenvalue weighted by Crippen LogP contribution is -2.62. The molecule has 3 saturated heterocycles. The zero-order chi connectivity index (χ0) is 18.1. The van der Waals surface area contributed by atoms with E-state index in [1.807, 2.05) is 30.3 Å². The largest absolute Gasteiger partial charge is 0.497 e. The van der Waals surface area contributed by atoms with Crippen molar-refractivity contribution in [2.24, 2.45) is 5.92 Å². The number of methoxy groups -OCH3 is 1. The van der Waals surface area contributed by atoms with E-state index < -0.39 is 0 Å². The minimum absolute atomic E-state index is 0.0677. The van der Waals surface area contributed by atoms with Crippen LogP contribution in [0.25, 0.3) is 0 Å². The highest BCUT2D eigenvalue weighted by Gasteiger charge is 2.40. The number of fused-ring (bicyclic) bond motifs is 3. The number of carbonyl (C=O) groups excluding carboxylic acids is 1. The van der Waals surface area contributed by atoms with E-state index in [1.165, 1.54) is 25.9 Å². The van der Waals surface area contributed by atoms with Gasteiger partial charge in [0.15, 0.2) is 0 Å². The molecule has 1 aromatic heterocycles. The Bertz CT molecular complexity index is 782. The van der Waals surface area contributed by atoms with Gasteiger partial charge in [0.1, 0.15) is 5.75 Å². The molecule has 1 aromatic carbocycles. The molecule has 4 nitrogen and oxygen atoms in total. The van der Waals surface area contributed by atoms with E-state index in [9.17, 15) is 4.79 Å². The summed E-state index contributed by atoms with van der Waals surface area (Å²) in [5.74, 6) is 1.54. The highest BCUT2D eigenvalue weighted by molar-refractivity contribution is 8.01. The molecular weight excluding hydrogens is 364 g/mol. The summed E-state index contributed by atoms with van der Waals surface area (Å²) in [6.07, 6.45) is 2.41. The monoisotopic (exact) mass is 388 g/mol. The Labute approximate surface area is 162 Å². The number of nitrogens with one attached hydrogen (secondary N) is 1. The maximum Gasteiger partial charge on any atom is 0.261 e. The molecule has 2 atom stereocenters. The van der Waals surface area contributed by atoms with E-state index in [-0.39, 0.29) is 11.9 Å². The first-order valence-electron chi connectivity index (χ1n) is 9.10. The molecule has 26 heavy (non-hydrogen) atoms. The molecule has 0 aliphatic carbocycles. The van der Waals surface area contributed by atoms with Crippen molar-refractivity contribution in [3.05, 3.63) is 41.3 Å². The number of hydrogen-bond acceptors (Lipinski definition) is 5. The Balaban J connectivity index is 1.41. The van der Waals surface area contributed by atoms with E-state index in [0.717, 1.165) is 19.7 Å². The standard InChI is InChI=1S/C20H24N2O2S2/c1-13-19(14-8-10-22(13)11-9-14)21-20(23)17-6-7-18(26-17)25-16-5-3-4-15(12-16)24-2/h3-7,12-14,19H,8-11H2,1-2H3,(H,21,23). The summed E-state index contributed by atoms with van der Waals surface area (Å²) < 4.78 is 6.39. The zero-order valence-electron chi connectivity index (χ0n) is 15.1. The highest BCUT2D eigenvalue weighted by atomic mass is 32.2. The van der Waals surface area contributed by atoms with Gasteiger partial charge in [-0.3, -0.25) is 9.69 Å². The van der Waals surface area contributed by atoms with Crippen LogP contribution in [0.1, 0.15) is 29.4 Å². The van der Waals surface area contributed by atoms with Crippen molar-refractivity contribution in [3.63, 3.8) is 0 Å². The van der Waals surface area contributed by atoms with Crippen molar-refractivity contribution in [1.82, 2.24) is 10.2 Å². The molecule has 3 aliphatic rings. The molecular formula is C20H24N2O2S2. The predicted molar refractivity (Wildman–Crippen MR) is 106 cm³/mol. The third-order valence-corrected chi connectivity index (χ3v) is 7.75. The topological polar surface area (TPSA) is 41.6 Å². The molecule has 0 saturated carbocycles. The molecule has 138 valence electrons. The number of piperidine rings is 3. The van der Waals surface area contributed by atoms with E-state index >= 15 is 0 Å². The Morgan fingerprint density at radius 3 is 2.81 bits per heavy atom. The fraction of sp³-hybridized carbons (Fsp3) is 0.450. The van der Waals surface area contributed by atoms with Gasteiger partial charge in [0, 0.05) is 17.0 Å². The Morgan fingerprint density at radius 2 is 2.08 bits per heavy atom. The van der Waals surface area contributed by atoms with Crippen molar-refractivity contribution in [2.75, 3.05) is 20.2 Å². The van der Waals surface area contributed by atoms with E-state index in [1.54, 1.807) is 30.2 Å². The van der Waals surface area contributed by atoms with E-state index in [2.05, 4.69) is 23.2 Å². The van der Waals surface area contributed by atoms with Gasteiger partial charge in [-0.15, -0.1) is 11.3 Å². The summed E-state index contributed by atoms with van der Waals surface area (Å²) in [6.45, 7) is 4.60. The minimum Gasteiger partial charge on any atom is -0.497 e. The van der Waals surface area contributed by atoms with Crippen LogP contribution in [-0.4, -0.2) is 43.1 Å². The number of rotatable bonds is 5. The lowest BCUT2D eigenvalue weighted by molar-refractivity contribution is 0.0218. The van der Waals surface area contributed by atoms with Crippen LogP contribution in [0.2, 0.25) is 0 Å². The molecule has 2 aromatic rings. The van der Waals surface area contributed by atoms with Gasteiger partial charge >= 0.3 is 0 Å². The first-order valence-corrected chi connectivity index (χ1v) is 10.7. The van der Waals surface area contributed by atoms with Gasteiger partial charge in [-0.25, -0.2) is 0 Å². The van der Waals surface area contributed by atoms with Gasteiger partial charge in [0.05, 0.1) is 16.2 Å². The first kappa shape index (κ1) is 17.9. The van der Waals surface area contributed by atoms with Gasteiger partial charge in [0.25, 0.3) is 5.91 Å². The molecule has 0 radical (unpaired) electrons.